The first kappa shape index (κ1) is 13.5. The molecule has 2 N–H and O–H groups in total. The zero-order chi connectivity index (χ0) is 14.1. The van der Waals surface area contributed by atoms with Gasteiger partial charge in [-0.2, -0.15) is 0 Å². The van der Waals surface area contributed by atoms with Crippen LogP contribution in [0.1, 0.15) is 18.0 Å². The van der Waals surface area contributed by atoms with Gasteiger partial charge in [-0.05, 0) is 32.0 Å². The van der Waals surface area contributed by atoms with E-state index in [1.165, 1.54) is 0 Å². The van der Waals surface area contributed by atoms with Crippen LogP contribution in [-0.4, -0.2) is 45.4 Å². The van der Waals surface area contributed by atoms with Crippen molar-refractivity contribution in [2.75, 3.05) is 40.5 Å². The maximum Gasteiger partial charge on any atom is 0.166 e. The van der Waals surface area contributed by atoms with Gasteiger partial charge in [-0.15, -0.1) is 0 Å². The Morgan fingerprint density at radius 3 is 2.85 bits per heavy atom. The molecule has 2 aliphatic heterocycles. The monoisotopic (exact) mass is 278 g/mol. The fourth-order valence-corrected chi connectivity index (χ4v) is 3.16. The third kappa shape index (κ3) is 2.31. The predicted molar refractivity (Wildman–Crippen MR) is 76.5 cm³/mol. The zero-order valence-electron chi connectivity index (χ0n) is 12.1. The Labute approximate surface area is 119 Å². The lowest BCUT2D eigenvalue weighted by Crippen LogP contribution is -2.22. The predicted octanol–water partition coefficient (Wildman–Crippen LogP) is 1.42. The van der Waals surface area contributed by atoms with Crippen LogP contribution >= 0.6 is 0 Å². The number of fused-ring (bicyclic) bond motifs is 1. The number of benzene rings is 1. The molecule has 1 fully saturated rings. The molecular weight excluding hydrogens is 256 g/mol. The second-order valence-electron chi connectivity index (χ2n) is 5.53. The summed E-state index contributed by atoms with van der Waals surface area (Å²) in [6, 6.07) is 4.27. The summed E-state index contributed by atoms with van der Waals surface area (Å²) >= 11 is 0. The standard InChI is InChI=1S/C15H22N2O3/c1-17-9-10(8-16)5-13(17)12-6-11(18-2)7-14-15(12)20-4-3-19-14/h6-7,10,13H,3-5,8-9,16H2,1-2H3. The number of rotatable bonds is 3. The van der Waals surface area contributed by atoms with E-state index in [0.717, 1.165) is 42.3 Å². The van der Waals surface area contributed by atoms with Crippen LogP contribution in [0.15, 0.2) is 12.1 Å². The first-order valence-corrected chi connectivity index (χ1v) is 7.10. The molecule has 110 valence electrons. The van der Waals surface area contributed by atoms with Crippen molar-refractivity contribution < 1.29 is 14.2 Å². The van der Waals surface area contributed by atoms with Gasteiger partial charge in [-0.25, -0.2) is 0 Å². The minimum Gasteiger partial charge on any atom is -0.497 e. The quantitative estimate of drug-likeness (QED) is 0.906. The fourth-order valence-electron chi connectivity index (χ4n) is 3.16. The lowest BCUT2D eigenvalue weighted by molar-refractivity contribution is 0.165. The number of hydrogen-bond donors (Lipinski definition) is 1. The van der Waals surface area contributed by atoms with E-state index >= 15 is 0 Å². The second-order valence-corrected chi connectivity index (χ2v) is 5.53. The summed E-state index contributed by atoms with van der Waals surface area (Å²) in [5.74, 6) is 3.01. The van der Waals surface area contributed by atoms with Gasteiger partial charge in [0.05, 0.1) is 7.11 Å². The Morgan fingerprint density at radius 2 is 2.15 bits per heavy atom. The first-order valence-electron chi connectivity index (χ1n) is 7.10. The summed E-state index contributed by atoms with van der Waals surface area (Å²) < 4.78 is 16.9. The van der Waals surface area contributed by atoms with Crippen molar-refractivity contribution in [3.63, 3.8) is 0 Å². The van der Waals surface area contributed by atoms with E-state index < -0.39 is 0 Å². The van der Waals surface area contributed by atoms with Gasteiger partial charge >= 0.3 is 0 Å². The van der Waals surface area contributed by atoms with Crippen molar-refractivity contribution in [2.45, 2.75) is 12.5 Å². The Kier molecular flexibility index (Phi) is 3.72. The maximum absolute atomic E-state index is 5.85. The van der Waals surface area contributed by atoms with Gasteiger partial charge in [0.15, 0.2) is 11.5 Å². The Hall–Kier alpha value is -1.46. The summed E-state index contributed by atoms with van der Waals surface area (Å²) in [5.41, 5.74) is 6.97. The highest BCUT2D eigenvalue weighted by Crippen LogP contribution is 2.45. The van der Waals surface area contributed by atoms with Gasteiger partial charge < -0.3 is 19.9 Å². The normalized spacial score (nSPS) is 25.8. The van der Waals surface area contributed by atoms with Gasteiger partial charge in [0.25, 0.3) is 0 Å². The molecule has 0 aromatic heterocycles. The molecule has 1 saturated heterocycles. The molecule has 5 heteroatoms. The Bertz CT molecular complexity index is 492. The van der Waals surface area contributed by atoms with Gasteiger partial charge in [-0.3, -0.25) is 4.90 Å². The zero-order valence-corrected chi connectivity index (χ0v) is 12.1. The lowest BCUT2D eigenvalue weighted by atomic mass is 9.98. The van der Waals surface area contributed by atoms with Crippen molar-refractivity contribution >= 4 is 0 Å². The van der Waals surface area contributed by atoms with E-state index in [2.05, 4.69) is 18.0 Å². The van der Waals surface area contributed by atoms with Crippen LogP contribution in [0.3, 0.4) is 0 Å². The van der Waals surface area contributed by atoms with Crippen LogP contribution in [0.25, 0.3) is 0 Å². The highest BCUT2D eigenvalue weighted by molar-refractivity contribution is 5.54. The maximum atomic E-state index is 5.85. The van der Waals surface area contributed by atoms with Crippen molar-refractivity contribution in [3.05, 3.63) is 17.7 Å². The van der Waals surface area contributed by atoms with Crippen LogP contribution in [0.2, 0.25) is 0 Å². The van der Waals surface area contributed by atoms with Crippen molar-refractivity contribution in [1.29, 1.82) is 0 Å². The first-order chi connectivity index (χ1) is 9.72. The summed E-state index contributed by atoms with van der Waals surface area (Å²) in [4.78, 5) is 2.34. The minimum atomic E-state index is 0.314. The number of nitrogens with zero attached hydrogens (tertiary/aromatic N) is 1. The smallest absolute Gasteiger partial charge is 0.166 e. The van der Waals surface area contributed by atoms with E-state index in [9.17, 15) is 0 Å². The molecule has 3 rings (SSSR count). The van der Waals surface area contributed by atoms with E-state index in [1.807, 2.05) is 6.07 Å². The van der Waals surface area contributed by atoms with E-state index in [-0.39, 0.29) is 0 Å². The molecule has 20 heavy (non-hydrogen) atoms. The van der Waals surface area contributed by atoms with Crippen molar-refractivity contribution in [3.8, 4) is 17.2 Å². The molecule has 5 nitrogen and oxygen atoms in total. The average molecular weight is 278 g/mol. The van der Waals surface area contributed by atoms with Crippen LogP contribution in [-0.2, 0) is 0 Å². The number of methoxy groups -OCH3 is 1. The van der Waals surface area contributed by atoms with Crippen molar-refractivity contribution in [1.82, 2.24) is 4.90 Å². The van der Waals surface area contributed by atoms with Crippen LogP contribution in [0, 0.1) is 5.92 Å². The average Bonchev–Trinajstić information content (AvgIpc) is 2.87. The van der Waals surface area contributed by atoms with Gasteiger partial charge in [-0.1, -0.05) is 0 Å². The number of hydrogen-bond acceptors (Lipinski definition) is 5. The number of nitrogens with two attached hydrogens (primary N) is 1. The molecule has 0 spiro atoms. The molecule has 2 heterocycles. The van der Waals surface area contributed by atoms with Crippen molar-refractivity contribution in [2.24, 2.45) is 11.7 Å². The highest BCUT2D eigenvalue weighted by atomic mass is 16.6. The molecule has 2 unspecified atom stereocenters. The van der Waals surface area contributed by atoms with Crippen LogP contribution < -0.4 is 19.9 Å². The molecule has 0 radical (unpaired) electrons. The SMILES string of the molecule is COc1cc2c(c(C3CC(CN)CN3C)c1)OCCO2. The minimum absolute atomic E-state index is 0.314. The van der Waals surface area contributed by atoms with Gasteiger partial charge in [0.1, 0.15) is 19.0 Å². The highest BCUT2D eigenvalue weighted by Gasteiger charge is 2.33. The Morgan fingerprint density at radius 1 is 1.35 bits per heavy atom. The number of likely N-dealkylation sites (tertiary alicyclic amines) is 1. The summed E-state index contributed by atoms with van der Waals surface area (Å²) in [6.07, 6.45) is 1.05. The van der Waals surface area contributed by atoms with Gasteiger partial charge in [0.2, 0.25) is 0 Å². The molecule has 0 amide bonds. The molecule has 0 aliphatic carbocycles. The largest absolute Gasteiger partial charge is 0.497 e. The molecule has 0 saturated carbocycles. The summed E-state index contributed by atoms with van der Waals surface area (Å²) in [5, 5.41) is 0. The third-order valence-electron chi connectivity index (χ3n) is 4.21. The molecule has 2 atom stereocenters. The van der Waals surface area contributed by atoms with Crippen LogP contribution in [0.5, 0.6) is 17.2 Å². The molecule has 2 aliphatic rings. The molecule has 0 bridgehead atoms. The second kappa shape index (κ2) is 5.50. The van der Waals surface area contributed by atoms with E-state index in [4.69, 9.17) is 19.9 Å². The fraction of sp³-hybridized carbons (Fsp3) is 0.600. The summed E-state index contributed by atoms with van der Waals surface area (Å²) in [6.45, 7) is 2.94. The lowest BCUT2D eigenvalue weighted by Gasteiger charge is -2.27. The Balaban J connectivity index is 1.99. The van der Waals surface area contributed by atoms with E-state index in [1.54, 1.807) is 7.11 Å². The summed E-state index contributed by atoms with van der Waals surface area (Å²) in [7, 11) is 3.81. The third-order valence-corrected chi connectivity index (χ3v) is 4.21. The van der Waals surface area contributed by atoms with Crippen LogP contribution in [0.4, 0.5) is 0 Å². The molecule has 1 aromatic carbocycles. The van der Waals surface area contributed by atoms with Gasteiger partial charge in [0, 0.05) is 24.2 Å². The molecule has 1 aromatic rings. The molecular formula is C15H22N2O3. The topological polar surface area (TPSA) is 57.0 Å². The van der Waals surface area contributed by atoms with E-state index in [0.29, 0.717) is 25.2 Å². The number of ether oxygens (including phenoxy) is 3.